The highest BCUT2D eigenvalue weighted by atomic mass is 16.6. The molecule has 0 fully saturated rings. The van der Waals surface area contributed by atoms with E-state index < -0.39 is 6.10 Å². The van der Waals surface area contributed by atoms with Gasteiger partial charge >= 0.3 is 17.9 Å². The molecule has 0 aromatic heterocycles. The van der Waals surface area contributed by atoms with Crippen LogP contribution in [0.25, 0.3) is 0 Å². The fraction of sp³-hybridized carbons (Fsp3) is 0.809. The second-order valence-corrected chi connectivity index (χ2v) is 21.7. The van der Waals surface area contributed by atoms with Crippen molar-refractivity contribution in [2.24, 2.45) is 0 Å². The standard InChI is InChI=1S/C68H122O6/c1-4-7-10-13-16-19-22-25-28-30-31-32-33-34-35-36-37-38-41-43-46-49-52-55-58-61-67(70)73-64-65(63-72-66(69)60-57-54-51-48-45-42-39-27-24-21-18-15-12-9-6-3)74-68(71)62-59-56-53-50-47-44-40-29-26-23-20-17-14-11-8-5-2/h20,22-23,25,27,29-31,39-40,65H,4-19,21,24,26,28,32-38,41-64H2,1-3H3/b23-20-,25-22-,31-30-,39-27-,40-29-. The third-order valence-corrected chi connectivity index (χ3v) is 14.2. The molecule has 74 heavy (non-hydrogen) atoms. The van der Waals surface area contributed by atoms with Crippen molar-refractivity contribution in [3.63, 3.8) is 0 Å². The summed E-state index contributed by atoms with van der Waals surface area (Å²) in [5.74, 6) is -0.888. The monoisotopic (exact) mass is 1030 g/mol. The van der Waals surface area contributed by atoms with Gasteiger partial charge in [0.05, 0.1) is 0 Å². The summed E-state index contributed by atoms with van der Waals surface area (Å²) in [7, 11) is 0. The number of hydrogen-bond donors (Lipinski definition) is 0. The lowest BCUT2D eigenvalue weighted by Crippen LogP contribution is -2.30. The molecule has 0 saturated carbocycles. The first-order chi connectivity index (χ1) is 36.5. The van der Waals surface area contributed by atoms with Crippen molar-refractivity contribution >= 4 is 17.9 Å². The Balaban J connectivity index is 4.31. The van der Waals surface area contributed by atoms with E-state index in [-0.39, 0.29) is 31.1 Å². The first kappa shape index (κ1) is 71.1. The van der Waals surface area contributed by atoms with Gasteiger partial charge in [0, 0.05) is 19.3 Å². The number of hydrogen-bond acceptors (Lipinski definition) is 6. The van der Waals surface area contributed by atoms with E-state index in [0.29, 0.717) is 19.3 Å². The SMILES string of the molecule is CCCCCC/C=C\C/C=C\CCCCCCCC(=O)OC(COC(=O)CCCCCCC/C=C\CCCCCCCC)COC(=O)CCCCCCCCCCCCCCC/C=C\C/C=C\CCCCCCC. The summed E-state index contributed by atoms with van der Waals surface area (Å²) in [6.07, 6.45) is 79.4. The highest BCUT2D eigenvalue weighted by Gasteiger charge is 2.19. The van der Waals surface area contributed by atoms with Crippen LogP contribution in [0, 0.1) is 0 Å². The predicted molar refractivity (Wildman–Crippen MR) is 321 cm³/mol. The number of carbonyl (C=O) groups is 3. The van der Waals surface area contributed by atoms with Gasteiger partial charge in [-0.1, -0.05) is 268 Å². The maximum Gasteiger partial charge on any atom is 0.306 e. The van der Waals surface area contributed by atoms with Crippen molar-refractivity contribution in [3.05, 3.63) is 60.8 Å². The summed E-state index contributed by atoms with van der Waals surface area (Å²) >= 11 is 0. The molecule has 0 aliphatic carbocycles. The van der Waals surface area contributed by atoms with Crippen LogP contribution in [0.4, 0.5) is 0 Å². The molecule has 1 unspecified atom stereocenters. The molecule has 0 aromatic carbocycles. The fourth-order valence-electron chi connectivity index (χ4n) is 9.32. The Morgan fingerprint density at radius 2 is 0.486 bits per heavy atom. The van der Waals surface area contributed by atoms with Gasteiger partial charge in [0.1, 0.15) is 13.2 Å². The third-order valence-electron chi connectivity index (χ3n) is 14.2. The summed E-state index contributed by atoms with van der Waals surface area (Å²) in [5, 5.41) is 0. The Labute approximate surface area is 460 Å². The molecule has 0 bridgehead atoms. The highest BCUT2D eigenvalue weighted by molar-refractivity contribution is 5.71. The van der Waals surface area contributed by atoms with Crippen molar-refractivity contribution < 1.29 is 28.6 Å². The van der Waals surface area contributed by atoms with Crippen LogP contribution in [0.1, 0.15) is 335 Å². The van der Waals surface area contributed by atoms with Gasteiger partial charge in [-0.05, 0) is 109 Å². The lowest BCUT2D eigenvalue weighted by atomic mass is 10.0. The summed E-state index contributed by atoms with van der Waals surface area (Å²) in [6, 6.07) is 0. The average molecular weight is 1040 g/mol. The van der Waals surface area contributed by atoms with Crippen molar-refractivity contribution in [2.45, 2.75) is 341 Å². The number of carbonyl (C=O) groups excluding carboxylic acids is 3. The maximum atomic E-state index is 12.9. The van der Waals surface area contributed by atoms with Gasteiger partial charge in [-0.3, -0.25) is 14.4 Å². The Morgan fingerprint density at radius 3 is 0.770 bits per heavy atom. The van der Waals surface area contributed by atoms with Crippen LogP contribution in [-0.2, 0) is 28.6 Å². The van der Waals surface area contributed by atoms with Crippen molar-refractivity contribution in [3.8, 4) is 0 Å². The molecule has 6 heteroatoms. The summed E-state index contributed by atoms with van der Waals surface area (Å²) < 4.78 is 16.9. The van der Waals surface area contributed by atoms with E-state index in [9.17, 15) is 14.4 Å². The number of unbranched alkanes of at least 4 members (excludes halogenated alkanes) is 38. The lowest BCUT2D eigenvalue weighted by Gasteiger charge is -2.18. The van der Waals surface area contributed by atoms with E-state index in [2.05, 4.69) is 81.5 Å². The van der Waals surface area contributed by atoms with Gasteiger partial charge in [0.25, 0.3) is 0 Å². The van der Waals surface area contributed by atoms with Gasteiger partial charge in [0.2, 0.25) is 0 Å². The van der Waals surface area contributed by atoms with Gasteiger partial charge in [-0.2, -0.15) is 0 Å². The highest BCUT2D eigenvalue weighted by Crippen LogP contribution is 2.16. The Hall–Kier alpha value is -2.89. The zero-order chi connectivity index (χ0) is 53.6. The fourth-order valence-corrected chi connectivity index (χ4v) is 9.32. The van der Waals surface area contributed by atoms with Gasteiger partial charge in [0.15, 0.2) is 6.10 Å². The number of rotatable bonds is 59. The maximum absolute atomic E-state index is 12.9. The lowest BCUT2D eigenvalue weighted by molar-refractivity contribution is -0.167. The Bertz CT molecular complexity index is 1330. The quantitative estimate of drug-likeness (QED) is 0.0261. The molecule has 0 aliphatic heterocycles. The largest absolute Gasteiger partial charge is 0.462 e. The van der Waals surface area contributed by atoms with Gasteiger partial charge in [-0.15, -0.1) is 0 Å². The molecule has 0 radical (unpaired) electrons. The average Bonchev–Trinajstić information content (AvgIpc) is 3.40. The third kappa shape index (κ3) is 60.0. The molecule has 0 rings (SSSR count). The van der Waals surface area contributed by atoms with Gasteiger partial charge < -0.3 is 14.2 Å². The van der Waals surface area contributed by atoms with E-state index in [0.717, 1.165) is 96.3 Å². The van der Waals surface area contributed by atoms with Crippen molar-refractivity contribution in [1.82, 2.24) is 0 Å². The first-order valence-corrected chi connectivity index (χ1v) is 32.3. The van der Waals surface area contributed by atoms with Crippen LogP contribution >= 0.6 is 0 Å². The molecule has 1 atom stereocenters. The number of ether oxygens (including phenoxy) is 3. The van der Waals surface area contributed by atoms with E-state index in [4.69, 9.17) is 14.2 Å². The van der Waals surface area contributed by atoms with Crippen LogP contribution < -0.4 is 0 Å². The molecule has 0 amide bonds. The molecule has 0 aliphatic rings. The van der Waals surface area contributed by atoms with E-state index >= 15 is 0 Å². The van der Waals surface area contributed by atoms with Crippen LogP contribution in [0.15, 0.2) is 60.8 Å². The van der Waals surface area contributed by atoms with Gasteiger partial charge in [-0.25, -0.2) is 0 Å². The smallest absolute Gasteiger partial charge is 0.306 e. The molecular weight excluding hydrogens is 913 g/mol. The summed E-state index contributed by atoms with van der Waals surface area (Å²) in [4.78, 5) is 38.3. The molecule has 0 spiro atoms. The zero-order valence-electron chi connectivity index (χ0n) is 49.4. The minimum Gasteiger partial charge on any atom is -0.462 e. The second-order valence-electron chi connectivity index (χ2n) is 21.7. The van der Waals surface area contributed by atoms with Crippen molar-refractivity contribution in [1.29, 1.82) is 0 Å². The van der Waals surface area contributed by atoms with Crippen LogP contribution in [0.2, 0.25) is 0 Å². The minimum atomic E-state index is -0.785. The second kappa shape index (κ2) is 62.6. The molecule has 0 saturated heterocycles. The normalized spacial score (nSPS) is 12.4. The van der Waals surface area contributed by atoms with E-state index in [1.54, 1.807) is 0 Å². The van der Waals surface area contributed by atoms with Crippen molar-refractivity contribution in [2.75, 3.05) is 13.2 Å². The molecule has 0 heterocycles. The molecule has 6 nitrogen and oxygen atoms in total. The summed E-state index contributed by atoms with van der Waals surface area (Å²) in [5.41, 5.74) is 0. The first-order valence-electron chi connectivity index (χ1n) is 32.3. The van der Waals surface area contributed by atoms with Crippen LogP contribution in [-0.4, -0.2) is 37.2 Å². The zero-order valence-corrected chi connectivity index (χ0v) is 49.4. The molecule has 0 aromatic rings. The van der Waals surface area contributed by atoms with Crippen LogP contribution in [0.3, 0.4) is 0 Å². The summed E-state index contributed by atoms with van der Waals surface area (Å²) in [6.45, 7) is 6.63. The molecule has 430 valence electrons. The van der Waals surface area contributed by atoms with E-state index in [1.807, 2.05) is 0 Å². The molecular formula is C68H122O6. The number of esters is 3. The predicted octanol–water partition coefficient (Wildman–Crippen LogP) is 21.9. The minimum absolute atomic E-state index is 0.0810. The topological polar surface area (TPSA) is 78.9 Å². The van der Waals surface area contributed by atoms with Crippen LogP contribution in [0.5, 0.6) is 0 Å². The molecule has 0 N–H and O–H groups in total. The number of allylic oxidation sites excluding steroid dienone is 10. The van der Waals surface area contributed by atoms with E-state index in [1.165, 1.54) is 199 Å². The Morgan fingerprint density at radius 1 is 0.270 bits per heavy atom. The Kier molecular flexibility index (Phi) is 60.2.